The summed E-state index contributed by atoms with van der Waals surface area (Å²) in [5.41, 5.74) is 0.497. The minimum absolute atomic E-state index is 0.0956. The predicted octanol–water partition coefficient (Wildman–Crippen LogP) is 3.10. The van der Waals surface area contributed by atoms with Crippen molar-refractivity contribution in [2.75, 3.05) is 13.1 Å². The van der Waals surface area contributed by atoms with E-state index in [2.05, 4.69) is 15.0 Å². The van der Waals surface area contributed by atoms with E-state index in [0.29, 0.717) is 54.2 Å². The summed E-state index contributed by atoms with van der Waals surface area (Å²) in [5.74, 6) is -1.40. The molecular weight excluding hydrogens is 489 g/mol. The van der Waals surface area contributed by atoms with E-state index in [0.717, 1.165) is 5.56 Å². The van der Waals surface area contributed by atoms with Crippen molar-refractivity contribution in [3.63, 3.8) is 0 Å². The third kappa shape index (κ3) is 4.75. The van der Waals surface area contributed by atoms with Gasteiger partial charge in [-0.15, -0.1) is 0 Å². The van der Waals surface area contributed by atoms with Crippen molar-refractivity contribution in [2.24, 2.45) is 0 Å². The number of hydrogen-bond donors (Lipinski definition) is 2. The van der Waals surface area contributed by atoms with Gasteiger partial charge in [0.15, 0.2) is 5.65 Å². The SMILES string of the molecule is O=C(O)c1ccc(CN2CCC(O)(Cn3cnc4c(cnn4-c4ccc(F)cc4)c3=O)CC2)c(Cl)c1. The Bertz CT molecular complexity index is 1490. The zero-order valence-corrected chi connectivity index (χ0v) is 19.9. The van der Waals surface area contributed by atoms with E-state index in [9.17, 15) is 19.1 Å². The normalized spacial score (nSPS) is 15.9. The van der Waals surface area contributed by atoms with Gasteiger partial charge in [-0.1, -0.05) is 17.7 Å². The molecule has 2 aromatic carbocycles. The van der Waals surface area contributed by atoms with Gasteiger partial charge < -0.3 is 10.2 Å². The highest BCUT2D eigenvalue weighted by Gasteiger charge is 2.33. The molecule has 1 saturated heterocycles. The number of carbonyl (C=O) groups is 1. The number of piperidine rings is 1. The summed E-state index contributed by atoms with van der Waals surface area (Å²) in [5, 5.41) is 25.2. The molecule has 5 rings (SSSR count). The first-order valence-electron chi connectivity index (χ1n) is 11.4. The molecule has 0 spiro atoms. The maximum atomic E-state index is 13.3. The summed E-state index contributed by atoms with van der Waals surface area (Å²) in [6.07, 6.45) is 3.71. The Morgan fingerprint density at radius 2 is 1.86 bits per heavy atom. The topological polar surface area (TPSA) is 113 Å². The largest absolute Gasteiger partial charge is 0.478 e. The van der Waals surface area contributed by atoms with E-state index in [1.54, 1.807) is 18.2 Å². The number of aromatic carboxylic acids is 1. The molecule has 0 atom stereocenters. The highest BCUT2D eigenvalue weighted by atomic mass is 35.5. The van der Waals surface area contributed by atoms with Gasteiger partial charge in [0.25, 0.3) is 5.56 Å². The van der Waals surface area contributed by atoms with Crippen molar-refractivity contribution in [1.29, 1.82) is 0 Å². The van der Waals surface area contributed by atoms with Crippen LogP contribution in [0.25, 0.3) is 16.7 Å². The average molecular weight is 512 g/mol. The molecule has 0 saturated carbocycles. The summed E-state index contributed by atoms with van der Waals surface area (Å²) in [7, 11) is 0. The van der Waals surface area contributed by atoms with Crippen LogP contribution in [-0.4, -0.2) is 59.1 Å². The van der Waals surface area contributed by atoms with E-state index in [4.69, 9.17) is 16.7 Å². The molecule has 0 unspecified atom stereocenters. The van der Waals surface area contributed by atoms with E-state index < -0.39 is 11.6 Å². The quantitative estimate of drug-likeness (QED) is 0.409. The lowest BCUT2D eigenvalue weighted by atomic mass is 9.91. The molecule has 36 heavy (non-hydrogen) atoms. The standard InChI is InChI=1S/C25H23ClFN5O4/c26-21-11-16(24(34)35)1-2-17(21)13-30-9-7-25(36,8-10-30)14-31-15-28-22-20(23(31)33)12-29-32(22)19-5-3-18(27)4-6-19/h1-6,11-12,15,36H,7-10,13-14H2,(H,34,35). The fourth-order valence-corrected chi connectivity index (χ4v) is 4.72. The Morgan fingerprint density at radius 1 is 1.14 bits per heavy atom. The zero-order valence-electron chi connectivity index (χ0n) is 19.1. The van der Waals surface area contributed by atoms with Crippen molar-refractivity contribution in [1.82, 2.24) is 24.2 Å². The van der Waals surface area contributed by atoms with Crippen LogP contribution in [0.4, 0.5) is 4.39 Å². The van der Waals surface area contributed by atoms with E-state index in [1.165, 1.54) is 46.0 Å². The summed E-state index contributed by atoms with van der Waals surface area (Å²) in [6.45, 7) is 1.80. The third-order valence-electron chi connectivity index (χ3n) is 6.57. The van der Waals surface area contributed by atoms with Crippen molar-refractivity contribution in [3.8, 4) is 5.69 Å². The van der Waals surface area contributed by atoms with Gasteiger partial charge in [0.1, 0.15) is 17.5 Å². The van der Waals surface area contributed by atoms with Gasteiger partial charge >= 0.3 is 5.97 Å². The fourth-order valence-electron chi connectivity index (χ4n) is 4.48. The van der Waals surface area contributed by atoms with Crippen LogP contribution in [-0.2, 0) is 13.1 Å². The molecule has 2 N–H and O–H groups in total. The van der Waals surface area contributed by atoms with Crippen LogP contribution in [0.2, 0.25) is 5.02 Å². The first-order valence-corrected chi connectivity index (χ1v) is 11.8. The van der Waals surface area contributed by atoms with Crippen LogP contribution in [0, 0.1) is 5.82 Å². The number of aliphatic hydroxyl groups is 1. The lowest BCUT2D eigenvalue weighted by Gasteiger charge is -2.38. The summed E-state index contributed by atoms with van der Waals surface area (Å²) in [4.78, 5) is 30.7. The van der Waals surface area contributed by atoms with Gasteiger partial charge in [-0.2, -0.15) is 5.10 Å². The van der Waals surface area contributed by atoms with Crippen LogP contribution < -0.4 is 5.56 Å². The van der Waals surface area contributed by atoms with Crippen molar-refractivity contribution in [3.05, 3.63) is 87.3 Å². The number of rotatable bonds is 6. The van der Waals surface area contributed by atoms with Crippen molar-refractivity contribution >= 4 is 28.6 Å². The third-order valence-corrected chi connectivity index (χ3v) is 6.92. The van der Waals surface area contributed by atoms with Gasteiger partial charge in [0, 0.05) is 24.7 Å². The molecule has 11 heteroatoms. The maximum absolute atomic E-state index is 13.3. The molecule has 0 amide bonds. The summed E-state index contributed by atoms with van der Waals surface area (Å²) >= 11 is 6.26. The molecule has 0 aliphatic carbocycles. The van der Waals surface area contributed by atoms with Crippen LogP contribution in [0.3, 0.4) is 0 Å². The highest BCUT2D eigenvalue weighted by Crippen LogP contribution is 2.27. The Hall–Kier alpha value is -3.60. The van der Waals surface area contributed by atoms with Gasteiger partial charge in [-0.25, -0.2) is 18.9 Å². The monoisotopic (exact) mass is 511 g/mol. The van der Waals surface area contributed by atoms with Crippen molar-refractivity contribution in [2.45, 2.75) is 31.5 Å². The molecule has 2 aromatic heterocycles. The molecular formula is C25H23ClFN5O4. The maximum Gasteiger partial charge on any atom is 0.335 e. The average Bonchev–Trinajstić information content (AvgIpc) is 3.29. The second-order valence-electron chi connectivity index (χ2n) is 9.06. The number of benzene rings is 2. The number of carboxylic acid groups (broad SMARTS) is 1. The van der Waals surface area contributed by atoms with Gasteiger partial charge in [-0.05, 0) is 54.8 Å². The lowest BCUT2D eigenvalue weighted by Crippen LogP contribution is -2.47. The second-order valence-corrected chi connectivity index (χ2v) is 9.47. The molecule has 1 aliphatic heterocycles. The molecule has 4 aromatic rings. The number of carboxylic acids is 1. The minimum atomic E-state index is -1.08. The van der Waals surface area contributed by atoms with Crippen LogP contribution >= 0.6 is 11.6 Å². The Balaban J connectivity index is 1.28. The van der Waals surface area contributed by atoms with E-state index in [1.807, 2.05) is 0 Å². The first kappa shape index (κ1) is 24.1. The van der Waals surface area contributed by atoms with Crippen LogP contribution in [0.1, 0.15) is 28.8 Å². The number of nitrogens with zero attached hydrogens (tertiary/aromatic N) is 5. The number of likely N-dealkylation sites (tertiary alicyclic amines) is 1. The van der Waals surface area contributed by atoms with E-state index >= 15 is 0 Å². The highest BCUT2D eigenvalue weighted by molar-refractivity contribution is 6.31. The number of aromatic nitrogens is 4. The number of fused-ring (bicyclic) bond motifs is 1. The minimum Gasteiger partial charge on any atom is -0.478 e. The fraction of sp³-hybridized carbons (Fsp3) is 0.280. The molecule has 1 aliphatic rings. The molecule has 9 nitrogen and oxygen atoms in total. The van der Waals surface area contributed by atoms with Crippen LogP contribution in [0.5, 0.6) is 0 Å². The molecule has 186 valence electrons. The smallest absolute Gasteiger partial charge is 0.335 e. The van der Waals surface area contributed by atoms with Gasteiger partial charge in [0.2, 0.25) is 0 Å². The first-order chi connectivity index (χ1) is 17.2. The zero-order chi connectivity index (χ0) is 25.4. The molecule has 0 bridgehead atoms. The number of hydrogen-bond acceptors (Lipinski definition) is 6. The van der Waals surface area contributed by atoms with Gasteiger partial charge in [0.05, 0.1) is 29.6 Å². The van der Waals surface area contributed by atoms with E-state index in [-0.39, 0.29) is 23.5 Å². The molecule has 0 radical (unpaired) electrons. The van der Waals surface area contributed by atoms with Crippen LogP contribution in [0.15, 0.2) is 59.8 Å². The summed E-state index contributed by atoms with van der Waals surface area (Å²) in [6, 6.07) is 10.4. The molecule has 1 fully saturated rings. The number of halogens is 2. The Morgan fingerprint density at radius 3 is 2.53 bits per heavy atom. The second kappa shape index (κ2) is 9.45. The summed E-state index contributed by atoms with van der Waals surface area (Å²) < 4.78 is 16.1. The molecule has 3 heterocycles. The lowest BCUT2D eigenvalue weighted by molar-refractivity contribution is -0.0364. The predicted molar refractivity (Wildman–Crippen MR) is 131 cm³/mol. The van der Waals surface area contributed by atoms with Gasteiger partial charge in [-0.3, -0.25) is 14.3 Å². The van der Waals surface area contributed by atoms with Crippen molar-refractivity contribution < 1.29 is 19.4 Å². The Labute approximate surface area is 210 Å². The Kier molecular flexibility index (Phi) is 6.33.